The lowest BCUT2D eigenvalue weighted by atomic mass is 10.2. The van der Waals surface area contributed by atoms with E-state index in [1.165, 1.54) is 6.21 Å². The molecule has 0 atom stereocenters. The molecule has 0 spiro atoms. The Morgan fingerprint density at radius 3 is 2.37 bits per heavy atom. The van der Waals surface area contributed by atoms with Gasteiger partial charge in [-0.1, -0.05) is 37.0 Å². The fraction of sp³-hybridized carbons (Fsp3) is 0.333. The zero-order chi connectivity index (χ0) is 14.4. The fourth-order valence-electron chi connectivity index (χ4n) is 1.20. The summed E-state index contributed by atoms with van der Waals surface area (Å²) in [6, 6.07) is 3.35. The van der Waals surface area contributed by atoms with E-state index in [9.17, 15) is 0 Å². The minimum atomic E-state index is -0.120. The number of nitrogens with zero attached hydrogens (tertiary/aromatic N) is 2. The molecule has 0 aromatic heterocycles. The molecule has 1 rings (SSSR count). The highest BCUT2D eigenvalue weighted by molar-refractivity contribution is 6.37. The van der Waals surface area contributed by atoms with Crippen LogP contribution in [0.3, 0.4) is 0 Å². The van der Waals surface area contributed by atoms with E-state index in [0.717, 1.165) is 0 Å². The second kappa shape index (κ2) is 7.21. The lowest BCUT2D eigenvalue weighted by molar-refractivity contribution is 0.271. The third-order valence-corrected chi connectivity index (χ3v) is 2.52. The van der Waals surface area contributed by atoms with Crippen molar-refractivity contribution >= 4 is 35.4 Å². The average Bonchev–Trinajstić information content (AvgIpc) is 2.26. The smallest absolute Gasteiger partial charge is 0.211 e. The van der Waals surface area contributed by atoms with Crippen LogP contribution in [0.25, 0.3) is 0 Å². The van der Waals surface area contributed by atoms with E-state index >= 15 is 0 Å². The maximum Gasteiger partial charge on any atom is 0.211 e. The Balaban J connectivity index is 2.90. The van der Waals surface area contributed by atoms with Crippen molar-refractivity contribution in [1.29, 1.82) is 0 Å². The summed E-state index contributed by atoms with van der Waals surface area (Å²) in [7, 11) is 0. The van der Waals surface area contributed by atoms with E-state index < -0.39 is 0 Å². The molecular formula is C12H16Cl2N4O. The summed E-state index contributed by atoms with van der Waals surface area (Å²) in [5.74, 6) is 0.733. The molecule has 19 heavy (non-hydrogen) atoms. The van der Waals surface area contributed by atoms with Crippen molar-refractivity contribution in [2.24, 2.45) is 27.6 Å². The summed E-state index contributed by atoms with van der Waals surface area (Å²) in [6.45, 7) is 4.62. The van der Waals surface area contributed by atoms with Gasteiger partial charge in [-0.3, -0.25) is 0 Å². The Labute approximate surface area is 122 Å². The monoisotopic (exact) mass is 302 g/mol. The quantitative estimate of drug-likeness (QED) is 0.498. The fourth-order valence-corrected chi connectivity index (χ4v) is 1.82. The number of guanidine groups is 1. The van der Waals surface area contributed by atoms with Crippen LogP contribution < -0.4 is 16.2 Å². The van der Waals surface area contributed by atoms with Crippen LogP contribution in [0, 0.1) is 5.92 Å². The molecule has 0 aliphatic carbocycles. The SMILES string of the molecule is CC(C)COc1c(Cl)cc(/C=N\N=C(N)N)cc1Cl. The summed E-state index contributed by atoms with van der Waals surface area (Å²) in [6.07, 6.45) is 1.45. The number of nitrogens with two attached hydrogens (primary N) is 2. The van der Waals surface area contributed by atoms with E-state index in [2.05, 4.69) is 10.2 Å². The van der Waals surface area contributed by atoms with Crippen LogP contribution >= 0.6 is 23.2 Å². The Morgan fingerprint density at radius 2 is 1.89 bits per heavy atom. The highest BCUT2D eigenvalue weighted by Crippen LogP contribution is 2.34. The van der Waals surface area contributed by atoms with Gasteiger partial charge in [-0.25, -0.2) is 0 Å². The van der Waals surface area contributed by atoms with Crippen molar-refractivity contribution in [2.45, 2.75) is 13.8 Å². The largest absolute Gasteiger partial charge is 0.490 e. The summed E-state index contributed by atoms with van der Waals surface area (Å²) >= 11 is 12.2. The van der Waals surface area contributed by atoms with E-state index in [0.29, 0.717) is 33.9 Å². The molecule has 0 saturated carbocycles. The molecule has 104 valence electrons. The van der Waals surface area contributed by atoms with Crippen LogP contribution in [-0.4, -0.2) is 18.8 Å². The third kappa shape index (κ3) is 5.36. The van der Waals surface area contributed by atoms with Crippen LogP contribution in [0.15, 0.2) is 22.3 Å². The molecule has 0 aliphatic rings. The molecule has 0 unspecified atom stereocenters. The molecule has 0 heterocycles. The van der Waals surface area contributed by atoms with Gasteiger partial charge in [-0.05, 0) is 23.6 Å². The molecule has 0 fully saturated rings. The molecule has 7 heteroatoms. The summed E-state index contributed by atoms with van der Waals surface area (Å²) in [5.41, 5.74) is 11.0. The van der Waals surface area contributed by atoms with Crippen LogP contribution in [0.4, 0.5) is 0 Å². The maximum atomic E-state index is 6.10. The van der Waals surface area contributed by atoms with Gasteiger partial charge in [-0.15, -0.1) is 5.10 Å². The molecule has 1 aromatic carbocycles. The summed E-state index contributed by atoms with van der Waals surface area (Å²) in [5, 5.41) is 8.00. The van der Waals surface area contributed by atoms with Crippen molar-refractivity contribution < 1.29 is 4.74 Å². The lowest BCUT2D eigenvalue weighted by Crippen LogP contribution is -2.21. The Morgan fingerprint density at radius 1 is 1.32 bits per heavy atom. The van der Waals surface area contributed by atoms with Gasteiger partial charge < -0.3 is 16.2 Å². The first kappa shape index (κ1) is 15.6. The van der Waals surface area contributed by atoms with Gasteiger partial charge in [-0.2, -0.15) is 5.10 Å². The Hall–Kier alpha value is -1.46. The molecule has 0 saturated heterocycles. The Kier molecular flexibility index (Phi) is 5.92. The van der Waals surface area contributed by atoms with E-state index in [1.54, 1.807) is 12.1 Å². The predicted octanol–water partition coefficient (Wildman–Crippen LogP) is 2.64. The highest BCUT2D eigenvalue weighted by Gasteiger charge is 2.09. The van der Waals surface area contributed by atoms with Gasteiger partial charge in [0.05, 0.1) is 22.9 Å². The number of halogens is 2. The molecule has 0 amide bonds. The standard InChI is InChI=1S/C12H16Cl2N4O/c1-7(2)6-19-11-9(13)3-8(4-10(11)14)5-17-18-12(15)16/h3-5,7H,6H2,1-2H3,(H4,15,16,18)/b17-5-. The highest BCUT2D eigenvalue weighted by atomic mass is 35.5. The first-order valence-corrected chi connectivity index (χ1v) is 6.39. The zero-order valence-corrected chi connectivity index (χ0v) is 12.2. The normalized spacial score (nSPS) is 11.0. The number of ether oxygens (including phenoxy) is 1. The first-order chi connectivity index (χ1) is 8.90. The number of rotatable bonds is 5. The Bertz CT molecular complexity index is 473. The molecular weight excluding hydrogens is 287 g/mol. The van der Waals surface area contributed by atoms with Crippen molar-refractivity contribution in [3.05, 3.63) is 27.7 Å². The van der Waals surface area contributed by atoms with E-state index in [-0.39, 0.29) is 5.96 Å². The predicted molar refractivity (Wildman–Crippen MR) is 80.2 cm³/mol. The third-order valence-electron chi connectivity index (χ3n) is 1.96. The number of benzene rings is 1. The second-order valence-electron chi connectivity index (χ2n) is 4.29. The lowest BCUT2D eigenvalue weighted by Gasteiger charge is -2.12. The van der Waals surface area contributed by atoms with E-state index in [1.807, 2.05) is 13.8 Å². The minimum Gasteiger partial charge on any atom is -0.490 e. The van der Waals surface area contributed by atoms with Crippen LogP contribution in [0.1, 0.15) is 19.4 Å². The van der Waals surface area contributed by atoms with Crippen LogP contribution in [0.2, 0.25) is 10.0 Å². The molecule has 0 radical (unpaired) electrons. The van der Waals surface area contributed by atoms with Crippen molar-refractivity contribution in [3.8, 4) is 5.75 Å². The van der Waals surface area contributed by atoms with Gasteiger partial charge in [0.2, 0.25) is 5.96 Å². The maximum absolute atomic E-state index is 6.10. The summed E-state index contributed by atoms with van der Waals surface area (Å²) < 4.78 is 5.55. The van der Waals surface area contributed by atoms with Crippen molar-refractivity contribution in [2.75, 3.05) is 6.61 Å². The van der Waals surface area contributed by atoms with Gasteiger partial charge in [0.15, 0.2) is 5.75 Å². The zero-order valence-electron chi connectivity index (χ0n) is 10.7. The minimum absolute atomic E-state index is 0.120. The number of hydrogen-bond acceptors (Lipinski definition) is 3. The van der Waals surface area contributed by atoms with Crippen LogP contribution in [-0.2, 0) is 0 Å². The molecule has 0 aliphatic heterocycles. The molecule has 0 bridgehead atoms. The topological polar surface area (TPSA) is 86.0 Å². The van der Waals surface area contributed by atoms with E-state index in [4.69, 9.17) is 39.4 Å². The van der Waals surface area contributed by atoms with Gasteiger partial charge in [0, 0.05) is 0 Å². The number of hydrogen-bond donors (Lipinski definition) is 2. The van der Waals surface area contributed by atoms with Crippen molar-refractivity contribution in [1.82, 2.24) is 0 Å². The molecule has 5 nitrogen and oxygen atoms in total. The first-order valence-electron chi connectivity index (χ1n) is 5.64. The second-order valence-corrected chi connectivity index (χ2v) is 5.10. The van der Waals surface area contributed by atoms with Gasteiger partial charge >= 0.3 is 0 Å². The van der Waals surface area contributed by atoms with Gasteiger partial charge in [0.1, 0.15) is 0 Å². The van der Waals surface area contributed by atoms with Gasteiger partial charge in [0.25, 0.3) is 0 Å². The molecule has 4 N–H and O–H groups in total. The van der Waals surface area contributed by atoms with Crippen LogP contribution in [0.5, 0.6) is 5.75 Å². The summed E-state index contributed by atoms with van der Waals surface area (Å²) in [4.78, 5) is 0. The average molecular weight is 303 g/mol. The van der Waals surface area contributed by atoms with Crippen molar-refractivity contribution in [3.63, 3.8) is 0 Å². The molecule has 1 aromatic rings.